The van der Waals surface area contributed by atoms with Crippen LogP contribution in [-0.2, 0) is 4.74 Å². The van der Waals surface area contributed by atoms with Crippen LogP contribution in [0.25, 0.3) is 0 Å². The van der Waals surface area contributed by atoms with E-state index in [1.54, 1.807) is 20.4 Å². The Morgan fingerprint density at radius 1 is 1.58 bits per heavy atom. The third-order valence-electron chi connectivity index (χ3n) is 1.67. The molecule has 0 bridgehead atoms. The Morgan fingerprint density at radius 2 is 2.33 bits per heavy atom. The Labute approximate surface area is 72.0 Å². The minimum Gasteiger partial charge on any atom is -0.375 e. The SMILES string of the molecule is CNc1nccc(C(C)OC)n1. The zero-order valence-electron chi connectivity index (χ0n) is 7.53. The van der Waals surface area contributed by atoms with Crippen molar-refractivity contribution >= 4 is 5.95 Å². The monoisotopic (exact) mass is 167 g/mol. The van der Waals surface area contributed by atoms with E-state index in [0.29, 0.717) is 5.95 Å². The Bertz CT molecular complexity index is 252. The smallest absolute Gasteiger partial charge is 0.222 e. The average molecular weight is 167 g/mol. The first kappa shape index (κ1) is 8.93. The van der Waals surface area contributed by atoms with Gasteiger partial charge in [-0.05, 0) is 13.0 Å². The Morgan fingerprint density at radius 3 is 2.92 bits per heavy atom. The van der Waals surface area contributed by atoms with Crippen molar-refractivity contribution < 1.29 is 4.74 Å². The predicted octanol–water partition coefficient (Wildman–Crippen LogP) is 1.23. The molecule has 0 aliphatic heterocycles. The first-order chi connectivity index (χ1) is 5.77. The minimum absolute atomic E-state index is 0.0140. The maximum absolute atomic E-state index is 5.12. The van der Waals surface area contributed by atoms with Crippen LogP contribution in [0.4, 0.5) is 5.95 Å². The lowest BCUT2D eigenvalue weighted by Crippen LogP contribution is -2.03. The molecule has 1 rings (SSSR count). The fraction of sp³-hybridized carbons (Fsp3) is 0.500. The van der Waals surface area contributed by atoms with Crippen LogP contribution in [0.3, 0.4) is 0 Å². The van der Waals surface area contributed by atoms with Gasteiger partial charge in [-0.25, -0.2) is 9.97 Å². The van der Waals surface area contributed by atoms with Crippen LogP contribution in [0.2, 0.25) is 0 Å². The fourth-order valence-corrected chi connectivity index (χ4v) is 0.840. The average Bonchev–Trinajstić information content (AvgIpc) is 2.17. The molecule has 0 amide bonds. The number of methoxy groups -OCH3 is 1. The van der Waals surface area contributed by atoms with Crippen molar-refractivity contribution in [3.63, 3.8) is 0 Å². The number of ether oxygens (including phenoxy) is 1. The lowest BCUT2D eigenvalue weighted by molar-refractivity contribution is 0.116. The molecule has 0 radical (unpaired) electrons. The van der Waals surface area contributed by atoms with Crippen molar-refractivity contribution in [3.8, 4) is 0 Å². The van der Waals surface area contributed by atoms with E-state index in [4.69, 9.17) is 4.74 Å². The molecule has 0 saturated carbocycles. The third kappa shape index (κ3) is 1.92. The predicted molar refractivity (Wildman–Crippen MR) is 47.0 cm³/mol. The maximum atomic E-state index is 5.12. The number of hydrogen-bond acceptors (Lipinski definition) is 4. The molecule has 0 saturated heterocycles. The van der Waals surface area contributed by atoms with E-state index in [1.807, 2.05) is 13.0 Å². The summed E-state index contributed by atoms with van der Waals surface area (Å²) in [6.07, 6.45) is 1.73. The lowest BCUT2D eigenvalue weighted by atomic mass is 10.3. The molecular formula is C8H13N3O. The first-order valence-electron chi connectivity index (χ1n) is 3.81. The summed E-state index contributed by atoms with van der Waals surface area (Å²) in [6, 6.07) is 1.84. The topological polar surface area (TPSA) is 47.0 Å². The lowest BCUT2D eigenvalue weighted by Gasteiger charge is -2.08. The molecule has 1 unspecified atom stereocenters. The number of hydrogen-bond donors (Lipinski definition) is 1. The van der Waals surface area contributed by atoms with Crippen LogP contribution in [0.15, 0.2) is 12.3 Å². The van der Waals surface area contributed by atoms with Crippen molar-refractivity contribution in [2.45, 2.75) is 13.0 Å². The maximum Gasteiger partial charge on any atom is 0.222 e. The second-order valence-corrected chi connectivity index (χ2v) is 2.43. The quantitative estimate of drug-likeness (QED) is 0.735. The second-order valence-electron chi connectivity index (χ2n) is 2.43. The van der Waals surface area contributed by atoms with Crippen molar-refractivity contribution in [1.82, 2.24) is 9.97 Å². The standard InChI is InChI=1S/C8H13N3O/c1-6(12-3)7-4-5-10-8(9-2)11-7/h4-6H,1-3H3,(H,9,10,11). The summed E-state index contributed by atoms with van der Waals surface area (Å²) in [4.78, 5) is 8.21. The zero-order valence-corrected chi connectivity index (χ0v) is 7.53. The number of rotatable bonds is 3. The van der Waals surface area contributed by atoms with E-state index in [1.165, 1.54) is 0 Å². The summed E-state index contributed by atoms with van der Waals surface area (Å²) < 4.78 is 5.12. The number of nitrogens with zero attached hydrogens (tertiary/aromatic N) is 2. The minimum atomic E-state index is 0.0140. The molecule has 1 heterocycles. The van der Waals surface area contributed by atoms with Gasteiger partial charge in [0, 0.05) is 20.4 Å². The van der Waals surface area contributed by atoms with Crippen LogP contribution >= 0.6 is 0 Å². The summed E-state index contributed by atoms with van der Waals surface area (Å²) >= 11 is 0. The van der Waals surface area contributed by atoms with Gasteiger partial charge < -0.3 is 10.1 Å². The van der Waals surface area contributed by atoms with Gasteiger partial charge >= 0.3 is 0 Å². The van der Waals surface area contributed by atoms with Crippen LogP contribution in [-0.4, -0.2) is 24.1 Å². The van der Waals surface area contributed by atoms with Crippen molar-refractivity contribution in [2.24, 2.45) is 0 Å². The van der Waals surface area contributed by atoms with E-state index in [9.17, 15) is 0 Å². The van der Waals surface area contributed by atoms with E-state index in [-0.39, 0.29) is 6.10 Å². The van der Waals surface area contributed by atoms with Crippen LogP contribution < -0.4 is 5.32 Å². The Hall–Kier alpha value is -1.16. The second kappa shape index (κ2) is 4.01. The van der Waals surface area contributed by atoms with Crippen LogP contribution in [0.5, 0.6) is 0 Å². The van der Waals surface area contributed by atoms with Gasteiger partial charge in [0.1, 0.15) is 0 Å². The first-order valence-corrected chi connectivity index (χ1v) is 3.81. The fourth-order valence-electron chi connectivity index (χ4n) is 0.840. The third-order valence-corrected chi connectivity index (χ3v) is 1.67. The van der Waals surface area contributed by atoms with E-state index in [0.717, 1.165) is 5.69 Å². The van der Waals surface area contributed by atoms with Gasteiger partial charge in [-0.2, -0.15) is 0 Å². The van der Waals surface area contributed by atoms with Crippen molar-refractivity contribution in [2.75, 3.05) is 19.5 Å². The molecule has 1 atom stereocenters. The molecule has 0 spiro atoms. The van der Waals surface area contributed by atoms with E-state index < -0.39 is 0 Å². The van der Waals surface area contributed by atoms with Crippen LogP contribution in [0.1, 0.15) is 18.7 Å². The van der Waals surface area contributed by atoms with Gasteiger partial charge in [-0.1, -0.05) is 0 Å². The van der Waals surface area contributed by atoms with Gasteiger partial charge in [0.15, 0.2) is 0 Å². The summed E-state index contributed by atoms with van der Waals surface area (Å²) in [5, 5.41) is 2.87. The Kier molecular flexibility index (Phi) is 2.99. The normalized spacial score (nSPS) is 12.6. The molecule has 1 aromatic heterocycles. The number of aromatic nitrogens is 2. The van der Waals surface area contributed by atoms with Crippen molar-refractivity contribution in [3.05, 3.63) is 18.0 Å². The molecular weight excluding hydrogens is 154 g/mol. The number of nitrogens with one attached hydrogen (secondary N) is 1. The molecule has 4 heteroatoms. The summed E-state index contributed by atoms with van der Waals surface area (Å²) in [7, 11) is 3.45. The van der Waals surface area contributed by atoms with Crippen LogP contribution in [0, 0.1) is 0 Å². The number of anilines is 1. The summed E-state index contributed by atoms with van der Waals surface area (Å²) in [6.45, 7) is 1.95. The van der Waals surface area contributed by atoms with Gasteiger partial charge in [0.05, 0.1) is 11.8 Å². The zero-order chi connectivity index (χ0) is 8.97. The van der Waals surface area contributed by atoms with E-state index in [2.05, 4.69) is 15.3 Å². The highest BCUT2D eigenvalue weighted by Gasteiger charge is 2.05. The molecule has 0 aliphatic rings. The molecule has 0 aliphatic carbocycles. The molecule has 0 aromatic carbocycles. The van der Waals surface area contributed by atoms with Gasteiger partial charge in [0.2, 0.25) is 5.95 Å². The molecule has 0 fully saturated rings. The molecule has 1 aromatic rings. The molecule has 66 valence electrons. The molecule has 4 nitrogen and oxygen atoms in total. The molecule has 1 N–H and O–H groups in total. The highest BCUT2D eigenvalue weighted by molar-refractivity contribution is 5.24. The Balaban J connectivity index is 2.86. The van der Waals surface area contributed by atoms with Crippen molar-refractivity contribution in [1.29, 1.82) is 0 Å². The molecule has 12 heavy (non-hydrogen) atoms. The largest absolute Gasteiger partial charge is 0.375 e. The van der Waals surface area contributed by atoms with Gasteiger partial charge in [0.25, 0.3) is 0 Å². The summed E-state index contributed by atoms with van der Waals surface area (Å²) in [5.41, 5.74) is 0.886. The van der Waals surface area contributed by atoms with Gasteiger partial charge in [-0.15, -0.1) is 0 Å². The summed E-state index contributed by atoms with van der Waals surface area (Å²) in [5.74, 6) is 0.622. The highest BCUT2D eigenvalue weighted by atomic mass is 16.5. The van der Waals surface area contributed by atoms with Gasteiger partial charge in [-0.3, -0.25) is 0 Å². The van der Waals surface area contributed by atoms with E-state index >= 15 is 0 Å². The highest BCUT2D eigenvalue weighted by Crippen LogP contribution is 2.12.